The highest BCUT2D eigenvalue weighted by atomic mass is 32.2. The minimum atomic E-state index is -3.23. The molecule has 1 heterocycles. The van der Waals surface area contributed by atoms with Gasteiger partial charge in [-0.3, -0.25) is 0 Å². The summed E-state index contributed by atoms with van der Waals surface area (Å²) in [5.74, 6) is 0.178. The van der Waals surface area contributed by atoms with Gasteiger partial charge in [0.2, 0.25) is 10.0 Å². The molecule has 18 heavy (non-hydrogen) atoms. The predicted octanol–water partition coefficient (Wildman–Crippen LogP) is 0.863. The van der Waals surface area contributed by atoms with Crippen molar-refractivity contribution in [2.24, 2.45) is 0 Å². The molecular weight excluding hydrogens is 252 g/mol. The fourth-order valence-corrected chi connectivity index (χ4v) is 3.93. The molecule has 0 spiro atoms. The molecule has 2 N–H and O–H groups in total. The van der Waals surface area contributed by atoms with Crippen LogP contribution in [-0.2, 0) is 14.8 Å². The van der Waals surface area contributed by atoms with Crippen molar-refractivity contribution < 1.29 is 13.2 Å². The molecule has 1 aliphatic rings. The summed E-state index contributed by atoms with van der Waals surface area (Å²) in [5, 5.41) is 3.36. The van der Waals surface area contributed by atoms with E-state index in [1.807, 2.05) is 13.8 Å². The first kappa shape index (κ1) is 15.9. The van der Waals surface area contributed by atoms with Crippen LogP contribution in [0.5, 0.6) is 0 Å². The Hall–Kier alpha value is -0.170. The summed E-state index contributed by atoms with van der Waals surface area (Å²) in [6.07, 6.45) is 4.15. The van der Waals surface area contributed by atoms with Crippen molar-refractivity contribution in [2.45, 2.75) is 51.1 Å². The van der Waals surface area contributed by atoms with E-state index in [9.17, 15) is 8.42 Å². The molecule has 1 saturated heterocycles. The molecule has 0 aromatic rings. The van der Waals surface area contributed by atoms with Crippen molar-refractivity contribution in [2.75, 3.05) is 26.0 Å². The summed E-state index contributed by atoms with van der Waals surface area (Å²) in [7, 11) is -1.66. The van der Waals surface area contributed by atoms with Crippen LogP contribution in [0.25, 0.3) is 0 Å². The van der Waals surface area contributed by atoms with E-state index < -0.39 is 15.6 Å². The number of ether oxygens (including phenoxy) is 1. The number of hydrogen-bond donors (Lipinski definition) is 2. The first-order valence-electron chi connectivity index (χ1n) is 6.59. The molecule has 1 unspecified atom stereocenters. The Labute approximate surface area is 111 Å². The molecule has 108 valence electrons. The second-order valence-corrected chi connectivity index (χ2v) is 7.52. The molecule has 0 aliphatic carbocycles. The molecule has 0 amide bonds. The Morgan fingerprint density at radius 1 is 1.39 bits per heavy atom. The average Bonchev–Trinajstić information content (AvgIpc) is 2.26. The molecule has 5 nitrogen and oxygen atoms in total. The third kappa shape index (κ3) is 6.13. The van der Waals surface area contributed by atoms with Crippen LogP contribution in [0.3, 0.4) is 0 Å². The normalized spacial score (nSPS) is 22.1. The van der Waals surface area contributed by atoms with Gasteiger partial charge in [0.15, 0.2) is 0 Å². The zero-order valence-corrected chi connectivity index (χ0v) is 12.5. The van der Waals surface area contributed by atoms with E-state index in [0.717, 1.165) is 13.0 Å². The van der Waals surface area contributed by atoms with Gasteiger partial charge in [0.1, 0.15) is 0 Å². The van der Waals surface area contributed by atoms with Gasteiger partial charge in [0, 0.05) is 13.2 Å². The van der Waals surface area contributed by atoms with Crippen molar-refractivity contribution >= 4 is 10.0 Å². The molecule has 0 bridgehead atoms. The second kappa shape index (κ2) is 6.84. The van der Waals surface area contributed by atoms with E-state index in [-0.39, 0.29) is 5.75 Å². The third-order valence-electron chi connectivity index (χ3n) is 3.08. The molecule has 0 aromatic carbocycles. The highest BCUT2D eigenvalue weighted by Gasteiger charge is 2.25. The standard InChI is InChI=1S/C12H26N2O3S/c1-12(2,10-17-3)14-18(15,16)9-7-11-6-4-5-8-13-11/h11,13-14H,4-10H2,1-3H3. The zero-order chi connectivity index (χ0) is 13.6. The zero-order valence-electron chi connectivity index (χ0n) is 11.7. The Morgan fingerprint density at radius 2 is 2.11 bits per heavy atom. The molecular formula is C12H26N2O3S. The minimum Gasteiger partial charge on any atom is -0.383 e. The number of sulfonamides is 1. The monoisotopic (exact) mass is 278 g/mol. The molecule has 1 fully saturated rings. The number of nitrogens with one attached hydrogen (secondary N) is 2. The van der Waals surface area contributed by atoms with E-state index in [4.69, 9.17) is 4.74 Å². The number of methoxy groups -OCH3 is 1. The van der Waals surface area contributed by atoms with Gasteiger partial charge >= 0.3 is 0 Å². The quantitative estimate of drug-likeness (QED) is 0.725. The molecule has 0 aromatic heterocycles. The van der Waals surface area contributed by atoms with Gasteiger partial charge in [-0.05, 0) is 39.7 Å². The van der Waals surface area contributed by atoms with E-state index in [1.54, 1.807) is 7.11 Å². The van der Waals surface area contributed by atoms with Crippen LogP contribution in [0.1, 0.15) is 39.5 Å². The van der Waals surface area contributed by atoms with Crippen molar-refractivity contribution in [3.8, 4) is 0 Å². The Kier molecular flexibility index (Phi) is 6.04. The van der Waals surface area contributed by atoms with E-state index >= 15 is 0 Å². The summed E-state index contributed by atoms with van der Waals surface area (Å²) in [6.45, 7) is 5.03. The highest BCUT2D eigenvalue weighted by Crippen LogP contribution is 2.12. The minimum absolute atomic E-state index is 0.178. The van der Waals surface area contributed by atoms with Crippen LogP contribution >= 0.6 is 0 Å². The maximum absolute atomic E-state index is 12.0. The smallest absolute Gasteiger partial charge is 0.212 e. The third-order valence-corrected chi connectivity index (χ3v) is 4.72. The molecule has 1 aliphatic heterocycles. The van der Waals surface area contributed by atoms with Crippen molar-refractivity contribution in [3.05, 3.63) is 0 Å². The Balaban J connectivity index is 2.39. The lowest BCUT2D eigenvalue weighted by atomic mass is 10.0. The van der Waals surface area contributed by atoms with Crippen LogP contribution in [0, 0.1) is 0 Å². The van der Waals surface area contributed by atoms with Crippen LogP contribution in [0.2, 0.25) is 0 Å². The lowest BCUT2D eigenvalue weighted by molar-refractivity contribution is 0.141. The second-order valence-electron chi connectivity index (χ2n) is 5.67. The summed E-state index contributed by atoms with van der Waals surface area (Å²) >= 11 is 0. The number of piperidine rings is 1. The largest absolute Gasteiger partial charge is 0.383 e. The summed E-state index contributed by atoms with van der Waals surface area (Å²) in [6, 6.07) is 0.348. The van der Waals surface area contributed by atoms with Crippen molar-refractivity contribution in [3.63, 3.8) is 0 Å². The van der Waals surface area contributed by atoms with Gasteiger partial charge in [-0.25, -0.2) is 13.1 Å². The lowest BCUT2D eigenvalue weighted by Gasteiger charge is -2.27. The van der Waals surface area contributed by atoms with Crippen molar-refractivity contribution in [1.82, 2.24) is 10.0 Å². The molecule has 6 heteroatoms. The van der Waals surface area contributed by atoms with Crippen LogP contribution in [0.15, 0.2) is 0 Å². The van der Waals surface area contributed by atoms with Gasteiger partial charge in [0.05, 0.1) is 17.9 Å². The van der Waals surface area contributed by atoms with Gasteiger partial charge in [-0.2, -0.15) is 0 Å². The number of rotatable bonds is 7. The fourth-order valence-electron chi connectivity index (χ4n) is 2.33. The van der Waals surface area contributed by atoms with Gasteiger partial charge < -0.3 is 10.1 Å². The highest BCUT2D eigenvalue weighted by molar-refractivity contribution is 7.89. The number of hydrogen-bond acceptors (Lipinski definition) is 4. The van der Waals surface area contributed by atoms with Gasteiger partial charge in [-0.1, -0.05) is 6.42 Å². The average molecular weight is 278 g/mol. The Morgan fingerprint density at radius 3 is 2.67 bits per heavy atom. The molecule has 1 atom stereocenters. The van der Waals surface area contributed by atoms with Gasteiger partial charge in [-0.15, -0.1) is 0 Å². The molecule has 0 saturated carbocycles. The van der Waals surface area contributed by atoms with Gasteiger partial charge in [0.25, 0.3) is 0 Å². The fraction of sp³-hybridized carbons (Fsp3) is 1.00. The van der Waals surface area contributed by atoms with Crippen molar-refractivity contribution in [1.29, 1.82) is 0 Å². The predicted molar refractivity (Wildman–Crippen MR) is 73.1 cm³/mol. The molecule has 1 rings (SSSR count). The van der Waals surface area contributed by atoms with E-state index in [1.165, 1.54) is 12.8 Å². The summed E-state index contributed by atoms with van der Waals surface area (Å²) in [5.41, 5.74) is -0.548. The molecule has 0 radical (unpaired) electrons. The van der Waals surface area contributed by atoms with Crippen LogP contribution < -0.4 is 10.0 Å². The summed E-state index contributed by atoms with van der Waals surface area (Å²) < 4.78 is 31.6. The lowest BCUT2D eigenvalue weighted by Crippen LogP contribution is -2.48. The van der Waals surface area contributed by atoms with Crippen LogP contribution in [0.4, 0.5) is 0 Å². The maximum atomic E-state index is 12.0. The first-order chi connectivity index (χ1) is 8.35. The van der Waals surface area contributed by atoms with E-state index in [0.29, 0.717) is 19.1 Å². The summed E-state index contributed by atoms with van der Waals surface area (Å²) in [4.78, 5) is 0. The topological polar surface area (TPSA) is 67.4 Å². The SMILES string of the molecule is COCC(C)(C)NS(=O)(=O)CCC1CCCCN1. The van der Waals surface area contributed by atoms with E-state index in [2.05, 4.69) is 10.0 Å². The van der Waals surface area contributed by atoms with Crippen LogP contribution in [-0.4, -0.2) is 46.0 Å². The maximum Gasteiger partial charge on any atom is 0.212 e. The Bertz CT molecular complexity index is 335. The first-order valence-corrected chi connectivity index (χ1v) is 8.24.